The smallest absolute Gasteiger partial charge is 0.253 e. The van der Waals surface area contributed by atoms with Crippen LogP contribution in [-0.2, 0) is 4.43 Å². The van der Waals surface area contributed by atoms with E-state index in [0.29, 0.717) is 12.0 Å². The molecule has 0 saturated heterocycles. The average molecular weight is 351 g/mol. The van der Waals surface area contributed by atoms with E-state index in [1.54, 1.807) is 0 Å². The van der Waals surface area contributed by atoms with E-state index in [0.717, 1.165) is 6.42 Å². The van der Waals surface area contributed by atoms with Gasteiger partial charge in [-0.25, -0.2) is 0 Å². The summed E-state index contributed by atoms with van der Waals surface area (Å²) in [6.07, 6.45) is 9.90. The van der Waals surface area contributed by atoms with Crippen LogP contribution in [0.3, 0.4) is 0 Å². The van der Waals surface area contributed by atoms with Crippen molar-refractivity contribution in [3.05, 3.63) is 73.3 Å². The molecule has 0 bridgehead atoms. The number of hydrogen-bond donors (Lipinski definition) is 0. The molecule has 25 heavy (non-hydrogen) atoms. The lowest BCUT2D eigenvalue weighted by Crippen LogP contribution is -2.60. The molecule has 0 amide bonds. The predicted octanol–water partition coefficient (Wildman–Crippen LogP) is 4.92. The highest BCUT2D eigenvalue weighted by molar-refractivity contribution is 6.96. The molecule has 2 heteroatoms. The van der Waals surface area contributed by atoms with E-state index in [1.807, 2.05) is 6.08 Å². The van der Waals surface area contributed by atoms with Gasteiger partial charge in [-0.1, -0.05) is 73.2 Å². The van der Waals surface area contributed by atoms with Crippen molar-refractivity contribution in [3.63, 3.8) is 0 Å². The zero-order valence-electron chi connectivity index (χ0n) is 15.4. The van der Waals surface area contributed by atoms with Crippen molar-refractivity contribution < 1.29 is 4.43 Å². The van der Waals surface area contributed by atoms with Gasteiger partial charge in [0.2, 0.25) is 0 Å². The van der Waals surface area contributed by atoms with Crippen molar-refractivity contribution >= 4 is 18.7 Å². The van der Waals surface area contributed by atoms with Crippen molar-refractivity contribution in [2.45, 2.75) is 51.2 Å². The minimum atomic E-state index is -2.18. The van der Waals surface area contributed by atoms with Gasteiger partial charge in [0.15, 0.2) is 0 Å². The van der Waals surface area contributed by atoms with E-state index >= 15 is 0 Å². The Morgan fingerprint density at radius 2 is 1.60 bits per heavy atom. The first-order valence-corrected chi connectivity index (χ1v) is 12.0. The van der Waals surface area contributed by atoms with E-state index in [-0.39, 0.29) is 0 Å². The van der Waals surface area contributed by atoms with Crippen LogP contribution >= 0.6 is 0 Å². The number of hydrogen-bond acceptors (Lipinski definition) is 1. The highest BCUT2D eigenvalue weighted by Gasteiger charge is 2.39. The molecule has 0 heterocycles. The molecule has 0 spiro atoms. The molecule has 0 radical (unpaired) electrons. The van der Waals surface area contributed by atoms with Crippen LogP contribution in [0.4, 0.5) is 0 Å². The maximum atomic E-state index is 7.03. The normalized spacial score (nSPS) is 20.5. The van der Waals surface area contributed by atoms with Crippen LogP contribution in [0.2, 0.25) is 6.55 Å². The number of rotatable bonds is 8. The molecule has 1 aliphatic rings. The van der Waals surface area contributed by atoms with Crippen LogP contribution in [0.15, 0.2) is 73.3 Å². The molecule has 2 aromatic carbocycles. The van der Waals surface area contributed by atoms with Crippen LogP contribution in [0, 0.1) is 5.92 Å². The Balaban J connectivity index is 1.84. The molecule has 1 aliphatic carbocycles. The zero-order chi connectivity index (χ0) is 17.5. The van der Waals surface area contributed by atoms with Crippen LogP contribution in [0.5, 0.6) is 0 Å². The summed E-state index contributed by atoms with van der Waals surface area (Å²) in [5.41, 5.74) is 0. The summed E-state index contributed by atoms with van der Waals surface area (Å²) in [4.78, 5) is 0. The zero-order valence-corrected chi connectivity index (χ0v) is 16.4. The molecule has 1 saturated carbocycles. The monoisotopic (exact) mass is 350 g/mol. The van der Waals surface area contributed by atoms with Gasteiger partial charge in [0.25, 0.3) is 8.32 Å². The molecule has 0 aromatic heterocycles. The molecule has 132 valence electrons. The van der Waals surface area contributed by atoms with Crippen molar-refractivity contribution in [1.82, 2.24) is 0 Å². The SMILES string of the molecule is C=CCCC[C@@H]1CCC[C@H]1O[Si](C)(c1ccccc1)c1ccccc1. The van der Waals surface area contributed by atoms with Gasteiger partial charge < -0.3 is 4.43 Å². The third-order valence-electron chi connectivity index (χ3n) is 5.61. The molecular weight excluding hydrogens is 320 g/mol. The highest BCUT2D eigenvalue weighted by Crippen LogP contribution is 2.34. The van der Waals surface area contributed by atoms with Crippen molar-refractivity contribution in [2.24, 2.45) is 5.92 Å². The topological polar surface area (TPSA) is 9.23 Å². The quantitative estimate of drug-likeness (QED) is 0.373. The Kier molecular flexibility index (Phi) is 6.27. The van der Waals surface area contributed by atoms with E-state index in [1.165, 1.54) is 42.5 Å². The average Bonchev–Trinajstić information content (AvgIpc) is 3.10. The minimum absolute atomic E-state index is 0.405. The fourth-order valence-corrected chi connectivity index (χ4v) is 7.31. The predicted molar refractivity (Wildman–Crippen MR) is 110 cm³/mol. The summed E-state index contributed by atoms with van der Waals surface area (Å²) in [6.45, 7) is 6.23. The molecule has 1 nitrogen and oxygen atoms in total. The third-order valence-corrected chi connectivity index (χ3v) is 9.25. The summed E-state index contributed by atoms with van der Waals surface area (Å²) < 4.78 is 7.03. The first-order valence-electron chi connectivity index (χ1n) is 9.64. The fraction of sp³-hybridized carbons (Fsp3) is 0.391. The Labute approximate surface area is 153 Å². The Bertz CT molecular complexity index is 613. The lowest BCUT2D eigenvalue weighted by Gasteiger charge is -2.34. The van der Waals surface area contributed by atoms with Crippen LogP contribution in [0.25, 0.3) is 0 Å². The second kappa shape index (κ2) is 8.64. The molecule has 2 aromatic rings. The van der Waals surface area contributed by atoms with E-state index in [2.05, 4.69) is 73.8 Å². The van der Waals surface area contributed by atoms with Crippen LogP contribution < -0.4 is 10.4 Å². The lowest BCUT2D eigenvalue weighted by molar-refractivity contribution is 0.149. The van der Waals surface area contributed by atoms with Crippen molar-refractivity contribution in [1.29, 1.82) is 0 Å². The van der Waals surface area contributed by atoms with Gasteiger partial charge in [0.05, 0.1) is 0 Å². The van der Waals surface area contributed by atoms with Crippen LogP contribution in [0.1, 0.15) is 38.5 Å². The number of allylic oxidation sites excluding steroid dienone is 1. The molecule has 0 aliphatic heterocycles. The number of unbranched alkanes of at least 4 members (excludes halogenated alkanes) is 1. The summed E-state index contributed by atoms with van der Waals surface area (Å²) in [5.74, 6) is 0.708. The second-order valence-electron chi connectivity index (χ2n) is 7.33. The largest absolute Gasteiger partial charge is 0.405 e. The Morgan fingerprint density at radius 1 is 1.00 bits per heavy atom. The van der Waals surface area contributed by atoms with Gasteiger partial charge in [-0.2, -0.15) is 0 Å². The first kappa shape index (κ1) is 18.2. The minimum Gasteiger partial charge on any atom is -0.405 e. The van der Waals surface area contributed by atoms with Gasteiger partial charge in [-0.3, -0.25) is 0 Å². The van der Waals surface area contributed by atoms with Crippen molar-refractivity contribution in [2.75, 3.05) is 0 Å². The Morgan fingerprint density at radius 3 is 2.16 bits per heavy atom. The fourth-order valence-electron chi connectivity index (χ4n) is 4.13. The summed E-state index contributed by atoms with van der Waals surface area (Å²) >= 11 is 0. The van der Waals surface area contributed by atoms with E-state index in [4.69, 9.17) is 4.43 Å². The molecule has 0 N–H and O–H groups in total. The Hall–Kier alpha value is -1.64. The van der Waals surface area contributed by atoms with Gasteiger partial charge in [0.1, 0.15) is 0 Å². The molecule has 1 fully saturated rings. The molecule has 3 rings (SSSR count). The summed E-state index contributed by atoms with van der Waals surface area (Å²) in [6, 6.07) is 21.8. The van der Waals surface area contributed by atoms with Gasteiger partial charge in [-0.05, 0) is 54.9 Å². The molecular formula is C23H30OSi. The van der Waals surface area contributed by atoms with Crippen molar-refractivity contribution in [3.8, 4) is 0 Å². The van der Waals surface area contributed by atoms with E-state index < -0.39 is 8.32 Å². The molecule has 2 atom stereocenters. The first-order chi connectivity index (χ1) is 12.2. The maximum absolute atomic E-state index is 7.03. The van der Waals surface area contributed by atoms with Gasteiger partial charge in [-0.15, -0.1) is 6.58 Å². The highest BCUT2D eigenvalue weighted by atomic mass is 28.4. The third kappa shape index (κ3) is 4.31. The van der Waals surface area contributed by atoms with E-state index in [9.17, 15) is 0 Å². The standard InChI is InChI=1S/C23H30OSi/c1-3-4-7-13-20-14-12-19-23(20)24-25(2,21-15-8-5-9-16-21)22-17-10-6-11-18-22/h3,5-6,8-11,15-18,20,23H,1,4,7,12-14,19H2,2H3/t20-,23-/m1/s1. The van der Waals surface area contributed by atoms with Gasteiger partial charge in [0, 0.05) is 6.10 Å². The van der Waals surface area contributed by atoms with Gasteiger partial charge >= 0.3 is 0 Å². The summed E-state index contributed by atoms with van der Waals surface area (Å²) in [7, 11) is -2.18. The lowest BCUT2D eigenvalue weighted by atomic mass is 9.99. The number of benzene rings is 2. The molecule has 0 unspecified atom stereocenters. The van der Waals surface area contributed by atoms with Crippen LogP contribution in [-0.4, -0.2) is 14.4 Å². The second-order valence-corrected chi connectivity index (χ2v) is 10.8. The summed E-state index contributed by atoms with van der Waals surface area (Å²) in [5, 5.41) is 2.75. The maximum Gasteiger partial charge on any atom is 0.253 e.